The normalized spacial score (nSPS) is 25.8. The zero-order valence-electron chi connectivity index (χ0n) is 11.1. The van der Waals surface area contributed by atoms with Crippen LogP contribution < -0.4 is 0 Å². The second kappa shape index (κ2) is 6.70. The minimum absolute atomic E-state index is 0.0303. The number of hydrogen-bond acceptors (Lipinski definition) is 4. The number of ether oxygens (including phenoxy) is 2. The van der Waals surface area contributed by atoms with Gasteiger partial charge in [0.25, 0.3) is 0 Å². The van der Waals surface area contributed by atoms with Crippen LogP contribution in [-0.2, 0) is 19.1 Å². The minimum atomic E-state index is -1.02. The van der Waals surface area contributed by atoms with Gasteiger partial charge in [-0.05, 0) is 20.3 Å². The molecule has 1 rings (SSSR count). The van der Waals surface area contributed by atoms with Crippen LogP contribution in [0.4, 0.5) is 0 Å². The lowest BCUT2D eigenvalue weighted by molar-refractivity contribution is -0.166. The Morgan fingerprint density at radius 3 is 2.72 bits per heavy atom. The van der Waals surface area contributed by atoms with E-state index in [0.717, 1.165) is 0 Å². The molecule has 1 aliphatic heterocycles. The van der Waals surface area contributed by atoms with Crippen LogP contribution in [0.1, 0.15) is 26.7 Å². The first-order valence-electron chi connectivity index (χ1n) is 6.12. The average molecular weight is 259 g/mol. The molecule has 1 saturated heterocycles. The van der Waals surface area contributed by atoms with Crippen LogP contribution in [0.15, 0.2) is 0 Å². The molecule has 0 aromatic rings. The number of carboxylic acid groups (broad SMARTS) is 1. The van der Waals surface area contributed by atoms with E-state index in [4.69, 9.17) is 14.6 Å². The lowest BCUT2D eigenvalue weighted by atomic mass is 10.1. The van der Waals surface area contributed by atoms with Crippen molar-refractivity contribution in [2.45, 2.75) is 45.0 Å². The first-order chi connectivity index (χ1) is 8.43. The molecule has 1 amide bonds. The van der Waals surface area contributed by atoms with E-state index in [2.05, 4.69) is 0 Å². The van der Waals surface area contributed by atoms with E-state index in [1.165, 1.54) is 0 Å². The summed E-state index contributed by atoms with van der Waals surface area (Å²) in [6, 6.07) is 0. The SMILES string of the molecule is COC(C)CCC(=O)N1CC(C(=O)O)O[C@H](C)C1. The second-order valence-corrected chi connectivity index (χ2v) is 4.66. The summed E-state index contributed by atoms with van der Waals surface area (Å²) < 4.78 is 10.3. The highest BCUT2D eigenvalue weighted by molar-refractivity contribution is 5.78. The molecule has 6 nitrogen and oxygen atoms in total. The molecule has 2 unspecified atom stereocenters. The number of amides is 1. The van der Waals surface area contributed by atoms with Crippen LogP contribution >= 0.6 is 0 Å². The monoisotopic (exact) mass is 259 g/mol. The van der Waals surface area contributed by atoms with Gasteiger partial charge in [-0.15, -0.1) is 0 Å². The molecule has 0 aromatic carbocycles. The standard InChI is InChI=1S/C12H21NO5/c1-8(17-3)4-5-11(14)13-6-9(2)18-10(7-13)12(15)16/h8-10H,4-7H2,1-3H3,(H,15,16)/t8?,9-,10?/m1/s1. The molecule has 0 aliphatic carbocycles. The van der Waals surface area contributed by atoms with Gasteiger partial charge in [-0.2, -0.15) is 0 Å². The molecule has 1 N–H and O–H groups in total. The van der Waals surface area contributed by atoms with Crippen molar-refractivity contribution in [3.05, 3.63) is 0 Å². The van der Waals surface area contributed by atoms with Gasteiger partial charge in [0.1, 0.15) is 0 Å². The van der Waals surface area contributed by atoms with Crippen LogP contribution in [0.5, 0.6) is 0 Å². The molecule has 1 aliphatic rings. The largest absolute Gasteiger partial charge is 0.479 e. The number of hydrogen-bond donors (Lipinski definition) is 1. The van der Waals surface area contributed by atoms with Crippen LogP contribution in [0.3, 0.4) is 0 Å². The Kier molecular flexibility index (Phi) is 5.55. The number of carboxylic acids is 1. The van der Waals surface area contributed by atoms with E-state index < -0.39 is 12.1 Å². The van der Waals surface area contributed by atoms with E-state index in [9.17, 15) is 9.59 Å². The second-order valence-electron chi connectivity index (χ2n) is 4.66. The fourth-order valence-corrected chi connectivity index (χ4v) is 1.89. The Balaban J connectivity index is 2.49. The maximum Gasteiger partial charge on any atom is 0.334 e. The number of carbonyl (C=O) groups is 2. The third kappa shape index (κ3) is 4.27. The fourth-order valence-electron chi connectivity index (χ4n) is 1.89. The van der Waals surface area contributed by atoms with E-state index in [0.29, 0.717) is 19.4 Å². The van der Waals surface area contributed by atoms with Crippen molar-refractivity contribution in [1.29, 1.82) is 0 Å². The lowest BCUT2D eigenvalue weighted by Crippen LogP contribution is -2.51. The van der Waals surface area contributed by atoms with Gasteiger partial charge in [0.05, 0.1) is 18.8 Å². The predicted octanol–water partition coefficient (Wildman–Crippen LogP) is 0.502. The van der Waals surface area contributed by atoms with Crippen molar-refractivity contribution in [1.82, 2.24) is 4.90 Å². The van der Waals surface area contributed by atoms with Gasteiger partial charge >= 0.3 is 5.97 Å². The van der Waals surface area contributed by atoms with Gasteiger partial charge in [0.2, 0.25) is 5.91 Å². The first kappa shape index (κ1) is 14.9. The van der Waals surface area contributed by atoms with Gasteiger partial charge in [-0.1, -0.05) is 0 Å². The molecular weight excluding hydrogens is 238 g/mol. The number of aliphatic carboxylic acids is 1. The highest BCUT2D eigenvalue weighted by atomic mass is 16.5. The van der Waals surface area contributed by atoms with E-state index in [1.54, 1.807) is 18.9 Å². The maximum absolute atomic E-state index is 12.0. The zero-order chi connectivity index (χ0) is 13.7. The van der Waals surface area contributed by atoms with Crippen LogP contribution in [0.2, 0.25) is 0 Å². The Morgan fingerprint density at radius 2 is 2.17 bits per heavy atom. The van der Waals surface area contributed by atoms with Crippen molar-refractivity contribution < 1.29 is 24.2 Å². The molecule has 0 spiro atoms. The summed E-state index contributed by atoms with van der Waals surface area (Å²) in [6.45, 7) is 4.24. The smallest absolute Gasteiger partial charge is 0.334 e. The molecule has 6 heteroatoms. The highest BCUT2D eigenvalue weighted by Crippen LogP contribution is 2.14. The summed E-state index contributed by atoms with van der Waals surface area (Å²) in [6.07, 6.45) is -0.128. The number of rotatable bonds is 5. The molecule has 1 fully saturated rings. The van der Waals surface area contributed by atoms with Gasteiger partial charge in [0, 0.05) is 20.1 Å². The Labute approximate surface area is 107 Å². The fraction of sp³-hybridized carbons (Fsp3) is 0.833. The van der Waals surface area contributed by atoms with Crippen LogP contribution in [-0.4, -0.2) is 60.4 Å². The predicted molar refractivity (Wildman–Crippen MR) is 64.3 cm³/mol. The Morgan fingerprint density at radius 1 is 1.50 bits per heavy atom. The summed E-state index contributed by atoms with van der Waals surface area (Å²) in [4.78, 5) is 24.4. The van der Waals surface area contributed by atoms with E-state index >= 15 is 0 Å². The van der Waals surface area contributed by atoms with Crippen LogP contribution in [0.25, 0.3) is 0 Å². The summed E-state index contributed by atoms with van der Waals surface area (Å²) >= 11 is 0. The summed E-state index contributed by atoms with van der Waals surface area (Å²) in [5.74, 6) is -1.06. The van der Waals surface area contributed by atoms with Gasteiger partial charge in [-0.25, -0.2) is 4.79 Å². The molecule has 0 radical (unpaired) electrons. The number of carbonyl (C=O) groups excluding carboxylic acids is 1. The van der Waals surface area contributed by atoms with Crippen molar-refractivity contribution in [2.75, 3.05) is 20.2 Å². The Hall–Kier alpha value is -1.14. The summed E-state index contributed by atoms with van der Waals surface area (Å²) in [7, 11) is 1.60. The quantitative estimate of drug-likeness (QED) is 0.778. The molecule has 18 heavy (non-hydrogen) atoms. The summed E-state index contributed by atoms with van der Waals surface area (Å²) in [5, 5.41) is 8.93. The molecule has 0 bridgehead atoms. The molecule has 0 aromatic heterocycles. The summed E-state index contributed by atoms with van der Waals surface area (Å²) in [5.41, 5.74) is 0. The van der Waals surface area contributed by atoms with Crippen molar-refractivity contribution in [3.63, 3.8) is 0 Å². The van der Waals surface area contributed by atoms with E-state index in [-0.39, 0.29) is 24.7 Å². The van der Waals surface area contributed by atoms with Crippen molar-refractivity contribution in [3.8, 4) is 0 Å². The van der Waals surface area contributed by atoms with Gasteiger partial charge in [-0.3, -0.25) is 4.79 Å². The average Bonchev–Trinajstić information content (AvgIpc) is 2.34. The molecule has 0 saturated carbocycles. The first-order valence-corrected chi connectivity index (χ1v) is 6.12. The third-order valence-electron chi connectivity index (χ3n) is 3.06. The van der Waals surface area contributed by atoms with Crippen LogP contribution in [0, 0.1) is 0 Å². The Bertz CT molecular complexity index is 307. The van der Waals surface area contributed by atoms with Crippen molar-refractivity contribution >= 4 is 11.9 Å². The number of morpholine rings is 1. The molecule has 104 valence electrons. The number of nitrogens with zero attached hydrogens (tertiary/aromatic N) is 1. The topological polar surface area (TPSA) is 76.1 Å². The third-order valence-corrected chi connectivity index (χ3v) is 3.06. The lowest BCUT2D eigenvalue weighted by Gasteiger charge is -2.35. The maximum atomic E-state index is 12.0. The van der Waals surface area contributed by atoms with Gasteiger partial charge in [0.15, 0.2) is 6.10 Å². The minimum Gasteiger partial charge on any atom is -0.479 e. The number of methoxy groups -OCH3 is 1. The van der Waals surface area contributed by atoms with Gasteiger partial charge < -0.3 is 19.5 Å². The van der Waals surface area contributed by atoms with E-state index in [1.807, 2.05) is 6.92 Å². The highest BCUT2D eigenvalue weighted by Gasteiger charge is 2.32. The molecular formula is C12H21NO5. The molecule has 1 heterocycles. The molecule has 3 atom stereocenters. The van der Waals surface area contributed by atoms with Crippen molar-refractivity contribution in [2.24, 2.45) is 0 Å². The zero-order valence-corrected chi connectivity index (χ0v) is 11.1.